The molecular weight excluding hydrogens is 265 g/mol. The summed E-state index contributed by atoms with van der Waals surface area (Å²) in [6.07, 6.45) is 3.34. The van der Waals surface area contributed by atoms with Gasteiger partial charge in [0.05, 0.1) is 29.3 Å². The summed E-state index contributed by atoms with van der Waals surface area (Å²) in [7, 11) is -0.340. The molecule has 1 saturated heterocycles. The summed E-state index contributed by atoms with van der Waals surface area (Å²) in [5.74, 6) is 0. The average molecular weight is 285 g/mol. The summed E-state index contributed by atoms with van der Waals surface area (Å²) in [5.41, 5.74) is 2.41. The Bertz CT molecular complexity index is 637. The molecule has 0 bridgehead atoms. The molecule has 6 heteroatoms. The fourth-order valence-electron chi connectivity index (χ4n) is 2.37. The fourth-order valence-corrected chi connectivity index (χ4v) is 2.37. The van der Waals surface area contributed by atoms with Gasteiger partial charge in [-0.2, -0.15) is 15.0 Å². The maximum Gasteiger partial charge on any atom is 0.494 e. The van der Waals surface area contributed by atoms with E-state index >= 15 is 0 Å². The Morgan fingerprint density at radius 2 is 1.57 bits per heavy atom. The van der Waals surface area contributed by atoms with E-state index in [4.69, 9.17) is 9.31 Å². The average Bonchev–Trinajstić information content (AvgIpc) is 2.96. The first kappa shape index (κ1) is 14.3. The predicted octanol–water partition coefficient (Wildman–Crippen LogP) is 1.87. The van der Waals surface area contributed by atoms with Crippen molar-refractivity contribution in [2.75, 3.05) is 0 Å². The molecule has 3 rings (SSSR count). The summed E-state index contributed by atoms with van der Waals surface area (Å²) in [6, 6.07) is 6.07. The van der Waals surface area contributed by atoms with Gasteiger partial charge >= 0.3 is 7.12 Å². The van der Waals surface area contributed by atoms with Gasteiger partial charge in [0.2, 0.25) is 0 Å². The lowest BCUT2D eigenvalue weighted by molar-refractivity contribution is 0.00578. The molecule has 0 amide bonds. The zero-order valence-corrected chi connectivity index (χ0v) is 13.1. The Hall–Kier alpha value is -1.66. The predicted molar refractivity (Wildman–Crippen MR) is 81.8 cm³/mol. The van der Waals surface area contributed by atoms with Crippen molar-refractivity contribution >= 4 is 12.6 Å². The van der Waals surface area contributed by atoms with Gasteiger partial charge in [0.15, 0.2) is 0 Å². The molecule has 2 aromatic rings. The normalized spacial score (nSPS) is 20.0. The van der Waals surface area contributed by atoms with Gasteiger partial charge in [0.25, 0.3) is 0 Å². The molecular formula is C15H20BN3O2. The van der Waals surface area contributed by atoms with Crippen LogP contribution in [0.5, 0.6) is 0 Å². The number of hydrogen-bond acceptors (Lipinski definition) is 4. The summed E-state index contributed by atoms with van der Waals surface area (Å²) in [5, 5.41) is 8.33. The Balaban J connectivity index is 1.90. The maximum absolute atomic E-state index is 6.08. The molecule has 1 fully saturated rings. The Morgan fingerprint density at radius 1 is 1.00 bits per heavy atom. The molecule has 0 radical (unpaired) electrons. The molecule has 0 atom stereocenters. The second-order valence-electron chi connectivity index (χ2n) is 6.45. The lowest BCUT2D eigenvalue weighted by Gasteiger charge is -2.32. The van der Waals surface area contributed by atoms with Crippen LogP contribution in [0, 0.1) is 6.92 Å². The molecule has 1 aromatic heterocycles. The van der Waals surface area contributed by atoms with Crippen LogP contribution in [0.1, 0.15) is 33.3 Å². The second-order valence-corrected chi connectivity index (χ2v) is 6.45. The van der Waals surface area contributed by atoms with Crippen LogP contribution in [0.2, 0.25) is 0 Å². The number of rotatable bonds is 2. The van der Waals surface area contributed by atoms with Crippen LogP contribution in [-0.2, 0) is 9.31 Å². The monoisotopic (exact) mass is 285 g/mol. The lowest BCUT2D eigenvalue weighted by Crippen LogP contribution is -2.41. The van der Waals surface area contributed by atoms with Gasteiger partial charge in [-0.3, -0.25) is 0 Å². The van der Waals surface area contributed by atoms with Crippen molar-refractivity contribution in [1.82, 2.24) is 15.0 Å². The third-order valence-electron chi connectivity index (χ3n) is 4.38. The molecule has 1 aromatic carbocycles. The Morgan fingerprint density at radius 3 is 2.10 bits per heavy atom. The van der Waals surface area contributed by atoms with Gasteiger partial charge in [-0.1, -0.05) is 12.1 Å². The molecule has 110 valence electrons. The Kier molecular flexibility index (Phi) is 3.18. The first-order chi connectivity index (χ1) is 9.80. The van der Waals surface area contributed by atoms with E-state index in [9.17, 15) is 0 Å². The highest BCUT2D eigenvalue weighted by Gasteiger charge is 2.51. The molecule has 0 spiro atoms. The van der Waals surface area contributed by atoms with Gasteiger partial charge in [-0.25, -0.2) is 0 Å². The van der Waals surface area contributed by atoms with Crippen LogP contribution in [0.15, 0.2) is 30.6 Å². The lowest BCUT2D eigenvalue weighted by atomic mass is 9.78. The van der Waals surface area contributed by atoms with Gasteiger partial charge in [-0.05, 0) is 51.7 Å². The molecule has 5 nitrogen and oxygen atoms in total. The van der Waals surface area contributed by atoms with E-state index < -0.39 is 0 Å². The van der Waals surface area contributed by atoms with Crippen LogP contribution in [0.4, 0.5) is 0 Å². The second kappa shape index (κ2) is 4.68. The third kappa shape index (κ3) is 2.38. The first-order valence-corrected chi connectivity index (χ1v) is 7.13. The molecule has 21 heavy (non-hydrogen) atoms. The molecule has 0 aliphatic carbocycles. The highest BCUT2D eigenvalue weighted by Crippen LogP contribution is 2.36. The van der Waals surface area contributed by atoms with Crippen molar-refractivity contribution in [3.63, 3.8) is 0 Å². The summed E-state index contributed by atoms with van der Waals surface area (Å²) < 4.78 is 12.2. The molecule has 0 N–H and O–H groups in total. The highest BCUT2D eigenvalue weighted by atomic mass is 16.7. The minimum absolute atomic E-state index is 0.326. The van der Waals surface area contributed by atoms with Crippen molar-refractivity contribution in [3.8, 4) is 5.69 Å². The van der Waals surface area contributed by atoms with E-state index in [1.807, 2.05) is 19.1 Å². The maximum atomic E-state index is 6.08. The van der Waals surface area contributed by atoms with Crippen LogP contribution < -0.4 is 5.46 Å². The van der Waals surface area contributed by atoms with E-state index in [0.717, 1.165) is 16.7 Å². The van der Waals surface area contributed by atoms with Crippen molar-refractivity contribution < 1.29 is 9.31 Å². The largest absolute Gasteiger partial charge is 0.494 e. The summed E-state index contributed by atoms with van der Waals surface area (Å²) in [6.45, 7) is 10.3. The van der Waals surface area contributed by atoms with Gasteiger partial charge < -0.3 is 9.31 Å². The van der Waals surface area contributed by atoms with E-state index in [2.05, 4.69) is 44.0 Å². The van der Waals surface area contributed by atoms with Crippen molar-refractivity contribution in [3.05, 3.63) is 36.2 Å². The standard InChI is InChI=1S/C15H20BN3O2/c1-11-10-12(6-7-13(11)19-17-8-9-18-19)16-20-14(2,3)15(4,5)21-16/h6-10H,1-5H3. The van der Waals surface area contributed by atoms with Crippen molar-refractivity contribution in [2.45, 2.75) is 45.8 Å². The van der Waals surface area contributed by atoms with Gasteiger partial charge in [0, 0.05) is 0 Å². The molecule has 0 saturated carbocycles. The fraction of sp³-hybridized carbons (Fsp3) is 0.467. The molecule has 0 unspecified atom stereocenters. The number of aromatic nitrogens is 3. The van der Waals surface area contributed by atoms with Crippen LogP contribution in [0.25, 0.3) is 5.69 Å². The van der Waals surface area contributed by atoms with Gasteiger partial charge in [-0.15, -0.1) is 0 Å². The zero-order valence-electron chi connectivity index (χ0n) is 13.1. The van der Waals surface area contributed by atoms with Crippen LogP contribution in [-0.4, -0.2) is 33.3 Å². The van der Waals surface area contributed by atoms with Gasteiger partial charge in [0.1, 0.15) is 0 Å². The van der Waals surface area contributed by atoms with Crippen LogP contribution in [0.3, 0.4) is 0 Å². The topological polar surface area (TPSA) is 49.2 Å². The summed E-state index contributed by atoms with van der Waals surface area (Å²) in [4.78, 5) is 1.61. The first-order valence-electron chi connectivity index (χ1n) is 7.13. The smallest absolute Gasteiger partial charge is 0.399 e. The third-order valence-corrected chi connectivity index (χ3v) is 4.38. The highest BCUT2D eigenvalue weighted by molar-refractivity contribution is 6.62. The summed E-state index contributed by atoms with van der Waals surface area (Å²) >= 11 is 0. The zero-order chi connectivity index (χ0) is 15.3. The molecule has 1 aliphatic rings. The number of hydrogen-bond donors (Lipinski definition) is 0. The Labute approximate surface area is 125 Å². The van der Waals surface area contributed by atoms with E-state index in [1.165, 1.54) is 0 Å². The van der Waals surface area contributed by atoms with Crippen molar-refractivity contribution in [1.29, 1.82) is 0 Å². The quantitative estimate of drug-likeness (QED) is 0.790. The van der Waals surface area contributed by atoms with Crippen LogP contribution >= 0.6 is 0 Å². The van der Waals surface area contributed by atoms with Crippen molar-refractivity contribution in [2.24, 2.45) is 0 Å². The van der Waals surface area contributed by atoms with E-state index in [-0.39, 0.29) is 18.3 Å². The minimum atomic E-state index is -0.340. The van der Waals surface area contributed by atoms with E-state index in [0.29, 0.717) is 0 Å². The number of benzene rings is 1. The van der Waals surface area contributed by atoms with E-state index in [1.54, 1.807) is 17.2 Å². The number of nitrogens with zero attached hydrogens (tertiary/aromatic N) is 3. The SMILES string of the molecule is Cc1cc(B2OC(C)(C)C(C)(C)O2)ccc1-n1nccn1. The molecule has 2 heterocycles. The number of aryl methyl sites for hydroxylation is 1. The molecule has 1 aliphatic heterocycles. The minimum Gasteiger partial charge on any atom is -0.399 e.